The molecule has 1 aromatic heterocycles. The smallest absolute Gasteiger partial charge is 0.326 e. The fourth-order valence-electron chi connectivity index (χ4n) is 8.22. The van der Waals surface area contributed by atoms with Crippen LogP contribution >= 0.6 is 0 Å². The van der Waals surface area contributed by atoms with Crippen LogP contribution in [-0.4, -0.2) is 156 Å². The third kappa shape index (κ3) is 42.0. The highest BCUT2D eigenvalue weighted by atomic mass is 16.5. The van der Waals surface area contributed by atoms with Crippen LogP contribution in [0.3, 0.4) is 0 Å². The number of unbranched alkanes of at least 4 members (excludes halogenated alkanes) is 14. The van der Waals surface area contributed by atoms with Gasteiger partial charge in [-0.2, -0.15) is 0 Å². The Bertz CT molecular complexity index is 1770. The summed E-state index contributed by atoms with van der Waals surface area (Å²) in [5, 5.41) is 35.2. The fraction of sp³-hybridized carbons (Fsp3) is 0.778. The lowest BCUT2D eigenvalue weighted by molar-refractivity contribution is -0.142. The van der Waals surface area contributed by atoms with Crippen molar-refractivity contribution in [1.82, 2.24) is 25.9 Å². The zero-order valence-electron chi connectivity index (χ0n) is 45.1. The maximum Gasteiger partial charge on any atom is 0.326 e. The Morgan fingerprint density at radius 3 is 1.61 bits per heavy atom. The predicted molar refractivity (Wildman–Crippen MR) is 282 cm³/mol. The molecule has 0 fully saturated rings. The first-order valence-electron chi connectivity index (χ1n) is 27.8. The second kappa shape index (κ2) is 47.1. The van der Waals surface area contributed by atoms with Gasteiger partial charge in [-0.3, -0.25) is 38.4 Å². The van der Waals surface area contributed by atoms with Gasteiger partial charge in [-0.25, -0.2) is 9.78 Å². The molecule has 0 aliphatic carbocycles. The Morgan fingerprint density at radius 2 is 1.04 bits per heavy atom. The summed E-state index contributed by atoms with van der Waals surface area (Å²) in [6, 6.07) is -1.85. The number of nitrogens with zero attached hydrogens (tertiary/aromatic N) is 1. The van der Waals surface area contributed by atoms with E-state index in [4.69, 9.17) is 34.9 Å². The minimum absolute atomic E-state index is 0.0186. The zero-order valence-corrected chi connectivity index (χ0v) is 45.1. The molecule has 0 aliphatic heterocycles. The number of carboxylic acid groups (broad SMARTS) is 3. The Morgan fingerprint density at radius 1 is 0.500 bits per heavy atom. The Kier molecular flexibility index (Phi) is 42.7. The summed E-state index contributed by atoms with van der Waals surface area (Å²) in [4.78, 5) is 115. The number of aliphatic carboxylic acids is 3. The number of carbonyl (C=O) groups is 9. The standard InChI is InChI=1S/C54H92N6O16/c55-45(37-43-38-56-41-59-43)48(63)28-25-42(47(62)21-17-24-53(69)70)19-15-16-29-57-50(65)39-76-36-34-74-32-30-58-51(66)40-75-35-33-73-31-18-20-44(61)26-27-46(54(71)72)60-49(64)22-13-11-9-7-5-3-1-2-4-6-8-10-12-14-23-52(67)68/h38,41-42,45-46H,1-37,39-40,55H2,(H,56,59)(H,57,65)(H,58,66)(H,60,64)(H,67,68)(H,69,70)(H,71,72)/t42-,45+,46+/m1/s1. The van der Waals surface area contributed by atoms with E-state index < -0.39 is 35.9 Å². The van der Waals surface area contributed by atoms with Crippen molar-refractivity contribution in [2.75, 3.05) is 65.9 Å². The van der Waals surface area contributed by atoms with Crippen LogP contribution in [-0.2, 0) is 68.5 Å². The number of rotatable bonds is 55. The van der Waals surface area contributed by atoms with Gasteiger partial charge < -0.3 is 60.9 Å². The van der Waals surface area contributed by atoms with E-state index in [2.05, 4.69) is 25.9 Å². The van der Waals surface area contributed by atoms with Crippen molar-refractivity contribution in [2.45, 2.75) is 198 Å². The molecule has 0 saturated heterocycles. The van der Waals surface area contributed by atoms with Crippen molar-refractivity contribution in [3.05, 3.63) is 18.2 Å². The summed E-state index contributed by atoms with van der Waals surface area (Å²) in [6.07, 6.45) is 22.0. The Hall–Kier alpha value is -5.16. The van der Waals surface area contributed by atoms with E-state index in [0.29, 0.717) is 51.5 Å². The van der Waals surface area contributed by atoms with Gasteiger partial charge in [0, 0.05) is 88.9 Å². The number of nitrogens with two attached hydrogens (primary N) is 1. The second-order valence-corrected chi connectivity index (χ2v) is 19.3. The SMILES string of the molecule is N[C@@H](Cc1cnc[nH]1)C(=O)CC[C@@H](CCCCNC(=O)COCCOCCNC(=O)COCCOCCCC(=O)CC[C@H](NC(=O)CCCCCCCCCCCCCCCCC(=O)O)C(=O)O)C(=O)CCCC(=O)O. The van der Waals surface area contributed by atoms with E-state index >= 15 is 0 Å². The molecule has 9 N–H and O–H groups in total. The van der Waals surface area contributed by atoms with Gasteiger partial charge >= 0.3 is 17.9 Å². The third-order valence-electron chi connectivity index (χ3n) is 12.6. The molecule has 0 aromatic carbocycles. The highest BCUT2D eigenvalue weighted by molar-refractivity contribution is 5.86. The van der Waals surface area contributed by atoms with Crippen molar-refractivity contribution in [1.29, 1.82) is 0 Å². The molecule has 0 saturated carbocycles. The number of carboxylic acids is 3. The van der Waals surface area contributed by atoms with Gasteiger partial charge in [-0.1, -0.05) is 83.5 Å². The molecule has 76 heavy (non-hydrogen) atoms. The number of aromatic nitrogens is 2. The van der Waals surface area contributed by atoms with E-state index in [-0.39, 0.29) is 152 Å². The molecule has 434 valence electrons. The first kappa shape index (κ1) is 68.9. The number of nitrogens with one attached hydrogen (secondary N) is 4. The van der Waals surface area contributed by atoms with Crippen LogP contribution < -0.4 is 21.7 Å². The second-order valence-electron chi connectivity index (χ2n) is 19.3. The average Bonchev–Trinajstić information content (AvgIpc) is 3.90. The number of amides is 3. The summed E-state index contributed by atoms with van der Waals surface area (Å²) in [5.41, 5.74) is 6.80. The quantitative estimate of drug-likeness (QED) is 0.0370. The number of aromatic amines is 1. The normalized spacial score (nSPS) is 12.4. The highest BCUT2D eigenvalue weighted by Gasteiger charge is 2.23. The van der Waals surface area contributed by atoms with Crippen LogP contribution in [0.1, 0.15) is 185 Å². The summed E-state index contributed by atoms with van der Waals surface area (Å²) in [7, 11) is 0. The molecule has 0 aliphatic rings. The van der Waals surface area contributed by atoms with E-state index in [0.717, 1.165) is 50.6 Å². The number of hydrogen-bond acceptors (Lipinski definition) is 15. The van der Waals surface area contributed by atoms with Crippen LogP contribution in [0.25, 0.3) is 0 Å². The number of ether oxygens (including phenoxy) is 4. The Balaban J connectivity index is 2.00. The molecule has 0 bridgehead atoms. The molecular formula is C54H92N6O16. The predicted octanol–water partition coefficient (Wildman–Crippen LogP) is 5.56. The highest BCUT2D eigenvalue weighted by Crippen LogP contribution is 2.20. The Labute approximate surface area is 449 Å². The summed E-state index contributed by atoms with van der Waals surface area (Å²) in [6.45, 7) is 1.50. The van der Waals surface area contributed by atoms with Crippen LogP contribution in [0.5, 0.6) is 0 Å². The van der Waals surface area contributed by atoms with E-state index in [9.17, 15) is 48.3 Å². The van der Waals surface area contributed by atoms with E-state index in [1.54, 1.807) is 6.20 Å². The molecule has 1 rings (SSSR count). The first-order chi connectivity index (χ1) is 36.7. The summed E-state index contributed by atoms with van der Waals surface area (Å²) >= 11 is 0. The molecular weight excluding hydrogens is 989 g/mol. The molecule has 3 atom stereocenters. The molecule has 1 aromatic rings. The van der Waals surface area contributed by atoms with Crippen LogP contribution in [0.4, 0.5) is 0 Å². The van der Waals surface area contributed by atoms with Crippen molar-refractivity contribution < 1.29 is 77.4 Å². The molecule has 1 heterocycles. The van der Waals surface area contributed by atoms with E-state index in [1.165, 1.54) is 44.9 Å². The zero-order chi connectivity index (χ0) is 55.9. The molecule has 0 radical (unpaired) electrons. The third-order valence-corrected chi connectivity index (χ3v) is 12.6. The minimum Gasteiger partial charge on any atom is -0.481 e. The number of Topliss-reactive ketones (excluding diaryl/α,β-unsaturated/α-hetero) is 3. The lowest BCUT2D eigenvalue weighted by Crippen LogP contribution is -2.41. The number of carbonyl (C=O) groups excluding carboxylic acids is 6. The molecule has 3 amide bonds. The van der Waals surface area contributed by atoms with Crippen molar-refractivity contribution >= 4 is 53.0 Å². The molecule has 0 spiro atoms. The summed E-state index contributed by atoms with van der Waals surface area (Å²) in [5.74, 6) is -4.62. The number of H-pyrrole nitrogens is 1. The van der Waals surface area contributed by atoms with Crippen LogP contribution in [0.15, 0.2) is 12.5 Å². The van der Waals surface area contributed by atoms with Gasteiger partial charge in [-0.15, -0.1) is 0 Å². The maximum atomic E-state index is 12.9. The lowest BCUT2D eigenvalue weighted by Gasteiger charge is -2.17. The molecule has 22 nitrogen and oxygen atoms in total. The van der Waals surface area contributed by atoms with Gasteiger partial charge in [0.15, 0.2) is 0 Å². The first-order valence-corrected chi connectivity index (χ1v) is 27.8. The van der Waals surface area contributed by atoms with Crippen molar-refractivity contribution in [3.63, 3.8) is 0 Å². The average molecular weight is 1080 g/mol. The number of hydrogen-bond donors (Lipinski definition) is 8. The van der Waals surface area contributed by atoms with Crippen molar-refractivity contribution in [3.8, 4) is 0 Å². The monoisotopic (exact) mass is 1080 g/mol. The van der Waals surface area contributed by atoms with Gasteiger partial charge in [-0.05, 0) is 51.4 Å². The number of imidazole rings is 1. The molecule has 0 unspecified atom stereocenters. The minimum atomic E-state index is -1.17. The largest absolute Gasteiger partial charge is 0.481 e. The van der Waals surface area contributed by atoms with Crippen molar-refractivity contribution in [2.24, 2.45) is 11.7 Å². The van der Waals surface area contributed by atoms with Crippen LogP contribution in [0.2, 0.25) is 0 Å². The van der Waals surface area contributed by atoms with Gasteiger partial charge in [0.25, 0.3) is 0 Å². The summed E-state index contributed by atoms with van der Waals surface area (Å²) < 4.78 is 21.6. The molecule has 22 heteroatoms. The van der Waals surface area contributed by atoms with Gasteiger partial charge in [0.05, 0.1) is 45.4 Å². The lowest BCUT2D eigenvalue weighted by atomic mass is 9.88. The topological polar surface area (TPSA) is 342 Å². The fourth-order valence-corrected chi connectivity index (χ4v) is 8.22. The number of ketones is 3. The van der Waals surface area contributed by atoms with Gasteiger partial charge in [0.1, 0.15) is 36.6 Å². The van der Waals surface area contributed by atoms with Gasteiger partial charge in [0.2, 0.25) is 17.7 Å². The van der Waals surface area contributed by atoms with Crippen LogP contribution in [0, 0.1) is 5.92 Å². The maximum absolute atomic E-state index is 12.9. The van der Waals surface area contributed by atoms with E-state index in [1.807, 2.05) is 0 Å².